The molecule has 0 aromatic heterocycles. The number of carbonyl (C=O) groups excluding carboxylic acids is 1. The minimum Gasteiger partial charge on any atom is -0.385 e. The summed E-state index contributed by atoms with van der Waals surface area (Å²) in [7, 11) is 0. The zero-order valence-electron chi connectivity index (χ0n) is 14.3. The maximum atomic E-state index is 13.0. The second kappa shape index (κ2) is 7.58. The van der Waals surface area contributed by atoms with Gasteiger partial charge in [-0.2, -0.15) is 0 Å². The summed E-state index contributed by atoms with van der Waals surface area (Å²) in [6, 6.07) is 13.8. The number of hydrogen-bond donors (Lipinski definition) is 2. The summed E-state index contributed by atoms with van der Waals surface area (Å²) in [6.45, 7) is 5.83. The minimum atomic E-state index is -1.02. The van der Waals surface area contributed by atoms with E-state index in [1.807, 2.05) is 38.1 Å². The molecule has 0 radical (unpaired) electrons. The summed E-state index contributed by atoms with van der Waals surface area (Å²) in [4.78, 5) is 11.6. The molecule has 1 amide bonds. The second-order valence-electron chi connectivity index (χ2n) is 6.55. The van der Waals surface area contributed by atoms with Crippen molar-refractivity contribution in [3.63, 3.8) is 0 Å². The first-order valence-corrected chi connectivity index (χ1v) is 8.16. The zero-order valence-corrected chi connectivity index (χ0v) is 14.3. The molecule has 0 heterocycles. The number of rotatable bonds is 6. The van der Waals surface area contributed by atoms with Crippen LogP contribution in [0.25, 0.3) is 11.1 Å². The molecule has 1 atom stereocenters. The lowest BCUT2D eigenvalue weighted by molar-refractivity contribution is -0.124. The molecule has 4 heteroatoms. The predicted molar refractivity (Wildman–Crippen MR) is 93.9 cm³/mol. The van der Waals surface area contributed by atoms with Crippen LogP contribution in [0.4, 0.5) is 4.39 Å². The number of carbonyl (C=O) groups is 1. The Bertz CT molecular complexity index is 676. The van der Waals surface area contributed by atoms with E-state index in [1.54, 1.807) is 19.1 Å². The largest absolute Gasteiger partial charge is 0.385 e. The molecule has 0 saturated carbocycles. The zero-order chi connectivity index (χ0) is 17.7. The van der Waals surface area contributed by atoms with Crippen molar-refractivity contribution in [3.8, 4) is 11.1 Å². The summed E-state index contributed by atoms with van der Waals surface area (Å²) in [5, 5.41) is 13.5. The van der Waals surface area contributed by atoms with Crippen LogP contribution in [0.2, 0.25) is 0 Å². The molecule has 0 saturated heterocycles. The fourth-order valence-electron chi connectivity index (χ4n) is 2.44. The first kappa shape index (κ1) is 18.1. The normalized spacial score (nSPS) is 13.6. The number of nitrogens with one attached hydrogen (secondary N) is 1. The van der Waals surface area contributed by atoms with E-state index in [0.29, 0.717) is 13.0 Å². The highest BCUT2D eigenvalue weighted by Gasteiger charge is 2.23. The quantitative estimate of drug-likeness (QED) is 0.845. The summed E-state index contributed by atoms with van der Waals surface area (Å²) < 4.78 is 13.0. The van der Waals surface area contributed by atoms with Gasteiger partial charge < -0.3 is 10.4 Å². The smallest absolute Gasteiger partial charge is 0.222 e. The van der Waals surface area contributed by atoms with Gasteiger partial charge in [0.05, 0.1) is 5.60 Å². The molecule has 3 nitrogen and oxygen atoms in total. The van der Waals surface area contributed by atoms with Crippen molar-refractivity contribution in [1.29, 1.82) is 0 Å². The summed E-state index contributed by atoms with van der Waals surface area (Å²) in [5.74, 6) is -0.343. The van der Waals surface area contributed by atoms with Gasteiger partial charge in [-0.15, -0.1) is 0 Å². The monoisotopic (exact) mass is 329 g/mol. The molecule has 2 N–H and O–H groups in total. The summed E-state index contributed by atoms with van der Waals surface area (Å²) in [5.41, 5.74) is 1.65. The van der Waals surface area contributed by atoms with Crippen molar-refractivity contribution < 1.29 is 14.3 Å². The average molecular weight is 329 g/mol. The van der Waals surface area contributed by atoms with Crippen molar-refractivity contribution >= 4 is 5.91 Å². The molecular weight excluding hydrogens is 305 g/mol. The maximum Gasteiger partial charge on any atom is 0.222 e. The average Bonchev–Trinajstić information content (AvgIpc) is 2.55. The van der Waals surface area contributed by atoms with Crippen molar-refractivity contribution in [3.05, 3.63) is 59.9 Å². The molecule has 0 spiro atoms. The van der Waals surface area contributed by atoms with Gasteiger partial charge in [-0.3, -0.25) is 4.79 Å². The number of benzene rings is 2. The fourth-order valence-corrected chi connectivity index (χ4v) is 2.44. The highest BCUT2D eigenvalue weighted by Crippen LogP contribution is 2.27. The second-order valence-corrected chi connectivity index (χ2v) is 6.55. The van der Waals surface area contributed by atoms with Gasteiger partial charge in [0.2, 0.25) is 5.91 Å². The molecule has 128 valence electrons. The Morgan fingerprint density at radius 1 is 1.08 bits per heavy atom. The van der Waals surface area contributed by atoms with Crippen LogP contribution < -0.4 is 5.32 Å². The van der Waals surface area contributed by atoms with Crippen LogP contribution in [0.5, 0.6) is 0 Å². The van der Waals surface area contributed by atoms with Crippen molar-refractivity contribution in [2.45, 2.75) is 32.8 Å². The van der Waals surface area contributed by atoms with E-state index in [0.717, 1.165) is 16.7 Å². The molecule has 2 aromatic rings. The van der Waals surface area contributed by atoms with Crippen molar-refractivity contribution in [2.24, 2.45) is 5.92 Å². The Balaban J connectivity index is 2.03. The lowest BCUT2D eigenvalue weighted by atomic mass is 9.91. The molecule has 2 rings (SSSR count). The highest BCUT2D eigenvalue weighted by atomic mass is 19.1. The van der Waals surface area contributed by atoms with E-state index in [1.165, 1.54) is 12.1 Å². The molecule has 0 aliphatic rings. The van der Waals surface area contributed by atoms with E-state index in [-0.39, 0.29) is 17.6 Å². The molecule has 2 aromatic carbocycles. The molecular formula is C20H24FNO2. The third-order valence-corrected chi connectivity index (χ3v) is 4.12. The molecule has 0 bridgehead atoms. The Morgan fingerprint density at radius 2 is 1.58 bits per heavy atom. The number of halogens is 1. The van der Waals surface area contributed by atoms with E-state index >= 15 is 0 Å². The first-order chi connectivity index (χ1) is 11.3. The topological polar surface area (TPSA) is 49.3 Å². The van der Waals surface area contributed by atoms with Crippen LogP contribution in [-0.4, -0.2) is 17.6 Å². The van der Waals surface area contributed by atoms with Gasteiger partial charge in [0, 0.05) is 12.5 Å². The lowest BCUT2D eigenvalue weighted by Crippen LogP contribution is -2.33. The first-order valence-electron chi connectivity index (χ1n) is 8.16. The molecule has 1 unspecified atom stereocenters. The number of amides is 1. The van der Waals surface area contributed by atoms with E-state index in [4.69, 9.17) is 0 Å². The number of hydrogen-bond acceptors (Lipinski definition) is 2. The standard InChI is InChI=1S/C20H24FNO2/c1-14(2)19(23)22-13-12-20(3,24)17-8-4-15(5-9-17)16-6-10-18(21)11-7-16/h4-11,14,24H,12-13H2,1-3H3,(H,22,23). The minimum absolute atomic E-state index is 0.0162. The Kier molecular flexibility index (Phi) is 5.73. The van der Waals surface area contributed by atoms with Crippen LogP contribution in [0, 0.1) is 11.7 Å². The molecule has 24 heavy (non-hydrogen) atoms. The van der Waals surface area contributed by atoms with Crippen LogP contribution >= 0.6 is 0 Å². The van der Waals surface area contributed by atoms with Gasteiger partial charge in [0.15, 0.2) is 0 Å². The van der Waals surface area contributed by atoms with Crippen LogP contribution in [0.15, 0.2) is 48.5 Å². The maximum absolute atomic E-state index is 13.0. The van der Waals surface area contributed by atoms with Gasteiger partial charge in [0.25, 0.3) is 0 Å². The van der Waals surface area contributed by atoms with Crippen molar-refractivity contribution in [1.82, 2.24) is 5.32 Å². The van der Waals surface area contributed by atoms with Crippen molar-refractivity contribution in [2.75, 3.05) is 6.54 Å². The van der Waals surface area contributed by atoms with Gasteiger partial charge >= 0.3 is 0 Å². The van der Waals surface area contributed by atoms with Crippen LogP contribution in [0.3, 0.4) is 0 Å². The highest BCUT2D eigenvalue weighted by molar-refractivity contribution is 5.77. The molecule has 0 aliphatic heterocycles. The Morgan fingerprint density at radius 3 is 2.08 bits per heavy atom. The van der Waals surface area contributed by atoms with Crippen LogP contribution in [-0.2, 0) is 10.4 Å². The third-order valence-electron chi connectivity index (χ3n) is 4.12. The van der Waals surface area contributed by atoms with E-state index in [2.05, 4.69) is 5.32 Å². The van der Waals surface area contributed by atoms with Gasteiger partial charge in [-0.1, -0.05) is 50.2 Å². The van der Waals surface area contributed by atoms with Gasteiger partial charge in [0.1, 0.15) is 5.82 Å². The lowest BCUT2D eigenvalue weighted by Gasteiger charge is -2.24. The number of aliphatic hydroxyl groups is 1. The SMILES string of the molecule is CC(C)C(=O)NCCC(C)(O)c1ccc(-c2ccc(F)cc2)cc1. The third kappa shape index (κ3) is 4.65. The molecule has 0 fully saturated rings. The Hall–Kier alpha value is -2.20. The predicted octanol–water partition coefficient (Wildman–Crippen LogP) is 3.86. The van der Waals surface area contributed by atoms with E-state index in [9.17, 15) is 14.3 Å². The van der Waals surface area contributed by atoms with Gasteiger partial charge in [-0.25, -0.2) is 4.39 Å². The summed E-state index contributed by atoms with van der Waals surface area (Å²) in [6.07, 6.45) is 0.432. The van der Waals surface area contributed by atoms with E-state index < -0.39 is 5.60 Å². The van der Waals surface area contributed by atoms with Gasteiger partial charge in [-0.05, 0) is 42.2 Å². The Labute approximate surface area is 142 Å². The fraction of sp³-hybridized carbons (Fsp3) is 0.350. The van der Waals surface area contributed by atoms with Crippen LogP contribution in [0.1, 0.15) is 32.8 Å². The molecule has 0 aliphatic carbocycles. The summed E-state index contributed by atoms with van der Waals surface area (Å²) >= 11 is 0.